The number of hydrogen-bond donors (Lipinski definition) is 2. The molecule has 1 aliphatic heterocycles. The van der Waals surface area contributed by atoms with Crippen LogP contribution in [0.5, 0.6) is 0 Å². The number of nitrogens with one attached hydrogen (secondary N) is 1. The van der Waals surface area contributed by atoms with Crippen LogP contribution in [0.4, 0.5) is 9.52 Å². The van der Waals surface area contributed by atoms with Gasteiger partial charge in [-0.15, -0.1) is 0 Å². The van der Waals surface area contributed by atoms with E-state index in [1.54, 1.807) is 18.3 Å². The minimum absolute atomic E-state index is 0.0746. The highest BCUT2D eigenvalue weighted by molar-refractivity contribution is 7.22. The van der Waals surface area contributed by atoms with Crippen LogP contribution in [0.3, 0.4) is 0 Å². The van der Waals surface area contributed by atoms with Gasteiger partial charge in [0.05, 0.1) is 26.9 Å². The van der Waals surface area contributed by atoms with E-state index in [1.165, 1.54) is 29.4 Å². The summed E-state index contributed by atoms with van der Waals surface area (Å²) in [5.41, 5.74) is 2.05. The van der Waals surface area contributed by atoms with E-state index < -0.39 is 23.5 Å². The maximum Gasteiger partial charge on any atom is 0.301 e. The van der Waals surface area contributed by atoms with Crippen molar-refractivity contribution in [3.8, 4) is 0 Å². The van der Waals surface area contributed by atoms with Gasteiger partial charge in [-0.2, -0.15) is 0 Å². The molecule has 2 aromatic carbocycles. The number of halogens is 2. The second-order valence-electron chi connectivity index (χ2n) is 7.93. The molecule has 35 heavy (non-hydrogen) atoms. The van der Waals surface area contributed by atoms with E-state index in [2.05, 4.69) is 15.0 Å². The van der Waals surface area contributed by atoms with Crippen LogP contribution in [0.1, 0.15) is 17.2 Å². The van der Waals surface area contributed by atoms with Gasteiger partial charge in [-0.3, -0.25) is 19.5 Å². The number of anilines is 1. The summed E-state index contributed by atoms with van der Waals surface area (Å²) in [5, 5.41) is 12.2. The molecule has 6 rings (SSSR count). The van der Waals surface area contributed by atoms with Gasteiger partial charge in [-0.05, 0) is 35.9 Å². The highest BCUT2D eigenvalue weighted by Gasteiger charge is 2.48. The Morgan fingerprint density at radius 3 is 2.71 bits per heavy atom. The zero-order valence-corrected chi connectivity index (χ0v) is 19.3. The Morgan fingerprint density at radius 1 is 1.14 bits per heavy atom. The zero-order chi connectivity index (χ0) is 24.3. The minimum Gasteiger partial charge on any atom is -0.507 e. The van der Waals surface area contributed by atoms with E-state index >= 15 is 0 Å². The summed E-state index contributed by atoms with van der Waals surface area (Å²) < 4.78 is 14.5. The maximum atomic E-state index is 14.0. The summed E-state index contributed by atoms with van der Waals surface area (Å²) in [4.78, 5) is 39.4. The van der Waals surface area contributed by atoms with Crippen LogP contribution in [-0.4, -0.2) is 31.7 Å². The number of thiazole rings is 1. The number of rotatable bonds is 3. The van der Waals surface area contributed by atoms with Crippen molar-refractivity contribution in [1.82, 2.24) is 15.0 Å². The zero-order valence-electron chi connectivity index (χ0n) is 17.7. The molecule has 172 valence electrons. The van der Waals surface area contributed by atoms with Crippen molar-refractivity contribution in [3.05, 3.63) is 94.7 Å². The van der Waals surface area contributed by atoms with Crippen molar-refractivity contribution in [2.75, 3.05) is 4.90 Å². The van der Waals surface area contributed by atoms with E-state index in [-0.39, 0.29) is 21.5 Å². The second kappa shape index (κ2) is 8.00. The Balaban J connectivity index is 1.58. The molecule has 1 aliphatic rings. The first-order valence-corrected chi connectivity index (χ1v) is 11.7. The van der Waals surface area contributed by atoms with Crippen LogP contribution in [0.25, 0.3) is 26.9 Å². The van der Waals surface area contributed by atoms with Crippen LogP contribution in [-0.2, 0) is 9.59 Å². The Hall–Kier alpha value is -4.08. The van der Waals surface area contributed by atoms with Crippen LogP contribution >= 0.6 is 22.9 Å². The fourth-order valence-corrected chi connectivity index (χ4v) is 5.47. The van der Waals surface area contributed by atoms with Crippen LogP contribution in [0, 0.1) is 5.82 Å². The number of nitrogens with zero attached hydrogens (tertiary/aromatic N) is 3. The molecule has 10 heteroatoms. The molecule has 1 saturated heterocycles. The predicted octanol–water partition coefficient (Wildman–Crippen LogP) is 5.59. The Labute approximate surface area is 206 Å². The molecule has 1 atom stereocenters. The van der Waals surface area contributed by atoms with Crippen molar-refractivity contribution >= 4 is 66.6 Å². The van der Waals surface area contributed by atoms with E-state index in [1.807, 2.05) is 24.3 Å². The molecule has 0 radical (unpaired) electrons. The molecule has 0 aliphatic carbocycles. The van der Waals surface area contributed by atoms with Crippen molar-refractivity contribution in [3.63, 3.8) is 0 Å². The standard InChI is InChI=1S/C25H14ClFN4O3S/c26-15-9-18-19(10-16(15)27)35-25(30-18)31-21(12-5-7-28-8-6-12)20(23(33)24(31)34)22(32)14-11-29-17-4-2-1-3-13(14)17/h1-11,21,29,32H/b22-20+. The number of ketones is 1. The molecule has 1 amide bonds. The monoisotopic (exact) mass is 504 g/mol. The second-order valence-corrected chi connectivity index (χ2v) is 9.34. The third kappa shape index (κ3) is 3.31. The molecule has 4 heterocycles. The van der Waals surface area contributed by atoms with Gasteiger partial charge in [0.15, 0.2) is 5.13 Å². The topological polar surface area (TPSA) is 99.2 Å². The maximum absolute atomic E-state index is 14.0. The number of hydrogen-bond acceptors (Lipinski definition) is 6. The lowest BCUT2D eigenvalue weighted by Gasteiger charge is -2.22. The largest absolute Gasteiger partial charge is 0.507 e. The lowest BCUT2D eigenvalue weighted by molar-refractivity contribution is -0.132. The molecule has 0 saturated carbocycles. The van der Waals surface area contributed by atoms with Gasteiger partial charge in [0, 0.05) is 35.1 Å². The number of benzene rings is 2. The molecule has 0 bridgehead atoms. The van der Waals surface area contributed by atoms with Gasteiger partial charge in [-0.1, -0.05) is 41.1 Å². The normalized spacial score (nSPS) is 17.7. The molecular formula is C25H14ClFN4O3S. The lowest BCUT2D eigenvalue weighted by Crippen LogP contribution is -2.29. The van der Waals surface area contributed by atoms with E-state index in [0.717, 1.165) is 16.9 Å². The Kier molecular flexibility index (Phi) is 4.91. The van der Waals surface area contributed by atoms with Crippen molar-refractivity contribution in [1.29, 1.82) is 0 Å². The van der Waals surface area contributed by atoms with Crippen LogP contribution in [0.15, 0.2) is 72.7 Å². The first kappa shape index (κ1) is 21.5. The van der Waals surface area contributed by atoms with Crippen molar-refractivity contribution < 1.29 is 19.1 Å². The number of Topliss-reactive ketones (excluding diaryl/α,β-unsaturated/α-hetero) is 1. The van der Waals surface area contributed by atoms with Gasteiger partial charge in [-0.25, -0.2) is 9.37 Å². The SMILES string of the molecule is O=C1C(=O)N(c2nc3cc(Cl)c(F)cc3s2)C(c2ccncc2)/C1=C(\O)c1c[nH]c2ccccc12. The van der Waals surface area contributed by atoms with Crippen LogP contribution in [0.2, 0.25) is 5.02 Å². The summed E-state index contributed by atoms with van der Waals surface area (Å²) >= 11 is 6.96. The van der Waals surface area contributed by atoms with E-state index in [0.29, 0.717) is 26.7 Å². The number of H-pyrrole nitrogens is 1. The number of aromatic nitrogens is 3. The van der Waals surface area contributed by atoms with E-state index in [9.17, 15) is 19.1 Å². The molecule has 5 aromatic rings. The average Bonchev–Trinajstić information content (AvgIpc) is 3.54. The van der Waals surface area contributed by atoms with Crippen molar-refractivity contribution in [2.45, 2.75) is 6.04 Å². The smallest absolute Gasteiger partial charge is 0.301 e. The number of para-hydroxylation sites is 1. The third-order valence-corrected chi connectivity index (χ3v) is 7.24. The molecule has 2 N–H and O–H groups in total. The van der Waals surface area contributed by atoms with E-state index in [4.69, 9.17) is 11.6 Å². The first-order valence-electron chi connectivity index (χ1n) is 10.5. The number of aromatic amines is 1. The van der Waals surface area contributed by atoms with Gasteiger partial charge in [0.2, 0.25) is 0 Å². The van der Waals surface area contributed by atoms with Gasteiger partial charge < -0.3 is 10.1 Å². The molecule has 7 nitrogen and oxygen atoms in total. The quantitative estimate of drug-likeness (QED) is 0.189. The number of aliphatic hydroxyl groups excluding tert-OH is 1. The highest BCUT2D eigenvalue weighted by atomic mass is 35.5. The Morgan fingerprint density at radius 2 is 1.91 bits per heavy atom. The minimum atomic E-state index is -0.965. The molecular weight excluding hydrogens is 491 g/mol. The summed E-state index contributed by atoms with van der Waals surface area (Å²) in [5.74, 6) is -2.61. The first-order chi connectivity index (χ1) is 16.9. The molecule has 0 spiro atoms. The van der Waals surface area contributed by atoms with Gasteiger partial charge in [0.25, 0.3) is 5.78 Å². The lowest BCUT2D eigenvalue weighted by atomic mass is 9.96. The number of carbonyl (C=O) groups excluding carboxylic acids is 2. The summed E-state index contributed by atoms with van der Waals surface area (Å²) in [7, 11) is 0. The van der Waals surface area contributed by atoms with Gasteiger partial charge in [0.1, 0.15) is 11.6 Å². The number of fused-ring (bicyclic) bond motifs is 2. The highest BCUT2D eigenvalue weighted by Crippen LogP contribution is 2.45. The summed E-state index contributed by atoms with van der Waals surface area (Å²) in [6, 6.07) is 12.3. The number of pyridine rings is 1. The molecule has 1 unspecified atom stereocenters. The van der Waals surface area contributed by atoms with Crippen molar-refractivity contribution in [2.24, 2.45) is 0 Å². The molecule has 1 fully saturated rings. The fraction of sp³-hybridized carbons (Fsp3) is 0.0400. The molecule has 3 aromatic heterocycles. The summed E-state index contributed by atoms with van der Waals surface area (Å²) in [6.07, 6.45) is 4.67. The number of amides is 1. The fourth-order valence-electron chi connectivity index (χ4n) is 4.32. The number of carbonyl (C=O) groups is 2. The number of aliphatic hydroxyl groups is 1. The Bertz CT molecular complexity index is 1660. The average molecular weight is 505 g/mol. The third-order valence-electron chi connectivity index (χ3n) is 5.94. The van der Waals surface area contributed by atoms with Gasteiger partial charge >= 0.3 is 5.91 Å². The van der Waals surface area contributed by atoms with Crippen LogP contribution < -0.4 is 4.90 Å². The summed E-state index contributed by atoms with van der Waals surface area (Å²) in [6.45, 7) is 0. The predicted molar refractivity (Wildman–Crippen MR) is 132 cm³/mol.